The SMILES string of the molecule is C=CCOC(=O)c1ccccc1OC(=O)CCc1ccccc1OCC=C. The summed E-state index contributed by atoms with van der Waals surface area (Å²) >= 11 is 0. The van der Waals surface area contributed by atoms with E-state index in [1.807, 2.05) is 24.3 Å². The highest BCUT2D eigenvalue weighted by Crippen LogP contribution is 2.22. The fourth-order valence-electron chi connectivity index (χ4n) is 2.35. The molecule has 0 atom stereocenters. The minimum absolute atomic E-state index is 0.0859. The molecule has 0 amide bonds. The Kier molecular flexibility index (Phi) is 7.85. The molecule has 0 unspecified atom stereocenters. The monoisotopic (exact) mass is 366 g/mol. The van der Waals surface area contributed by atoms with Crippen molar-refractivity contribution in [1.82, 2.24) is 0 Å². The number of esters is 2. The number of hydrogen-bond acceptors (Lipinski definition) is 5. The van der Waals surface area contributed by atoms with Gasteiger partial charge in [0.25, 0.3) is 0 Å². The van der Waals surface area contributed by atoms with Crippen LogP contribution in [0.4, 0.5) is 0 Å². The number of carbonyl (C=O) groups excluding carboxylic acids is 2. The maximum absolute atomic E-state index is 12.3. The molecule has 0 fully saturated rings. The van der Waals surface area contributed by atoms with E-state index in [2.05, 4.69) is 13.2 Å². The molecule has 140 valence electrons. The Labute approximate surface area is 158 Å². The van der Waals surface area contributed by atoms with Crippen molar-refractivity contribution in [2.45, 2.75) is 12.8 Å². The summed E-state index contributed by atoms with van der Waals surface area (Å²) in [6.07, 6.45) is 3.73. The van der Waals surface area contributed by atoms with Crippen LogP contribution in [0.3, 0.4) is 0 Å². The van der Waals surface area contributed by atoms with Gasteiger partial charge in [0.1, 0.15) is 30.3 Å². The van der Waals surface area contributed by atoms with E-state index in [1.165, 1.54) is 6.08 Å². The van der Waals surface area contributed by atoms with Crippen LogP contribution in [0.2, 0.25) is 0 Å². The van der Waals surface area contributed by atoms with Crippen LogP contribution in [0.1, 0.15) is 22.3 Å². The van der Waals surface area contributed by atoms with Crippen LogP contribution in [0.15, 0.2) is 73.8 Å². The van der Waals surface area contributed by atoms with Crippen molar-refractivity contribution >= 4 is 11.9 Å². The summed E-state index contributed by atoms with van der Waals surface area (Å²) in [5.74, 6) is -0.134. The molecule has 0 radical (unpaired) electrons. The van der Waals surface area contributed by atoms with Gasteiger partial charge in [0, 0.05) is 0 Å². The van der Waals surface area contributed by atoms with Gasteiger partial charge in [0.2, 0.25) is 0 Å². The molecule has 0 heterocycles. The number of benzene rings is 2. The molecule has 2 aromatic rings. The number of ether oxygens (including phenoxy) is 3. The first-order valence-corrected chi connectivity index (χ1v) is 8.55. The van der Waals surface area contributed by atoms with Gasteiger partial charge in [-0.2, -0.15) is 0 Å². The van der Waals surface area contributed by atoms with Gasteiger partial charge in [-0.15, -0.1) is 0 Å². The Morgan fingerprint density at radius 1 is 0.889 bits per heavy atom. The van der Waals surface area contributed by atoms with Crippen LogP contribution in [0, 0.1) is 0 Å². The lowest BCUT2D eigenvalue weighted by molar-refractivity contribution is -0.134. The van der Waals surface area contributed by atoms with Crippen molar-refractivity contribution in [3.05, 3.63) is 85.0 Å². The van der Waals surface area contributed by atoms with Crippen LogP contribution in [-0.2, 0) is 16.0 Å². The molecular weight excluding hydrogens is 344 g/mol. The summed E-state index contributed by atoms with van der Waals surface area (Å²) in [5.41, 5.74) is 1.09. The molecule has 0 spiro atoms. The van der Waals surface area contributed by atoms with Crippen molar-refractivity contribution in [3.8, 4) is 11.5 Å². The zero-order chi connectivity index (χ0) is 19.5. The molecule has 2 rings (SSSR count). The summed E-state index contributed by atoms with van der Waals surface area (Å²) in [5, 5.41) is 0. The summed E-state index contributed by atoms with van der Waals surface area (Å²) < 4.78 is 16.0. The van der Waals surface area contributed by atoms with E-state index in [1.54, 1.807) is 30.3 Å². The third-order valence-electron chi connectivity index (χ3n) is 3.59. The van der Waals surface area contributed by atoms with E-state index < -0.39 is 11.9 Å². The maximum Gasteiger partial charge on any atom is 0.342 e. The Morgan fingerprint density at radius 3 is 2.30 bits per heavy atom. The number of aryl methyl sites for hydroxylation is 1. The normalized spacial score (nSPS) is 9.93. The van der Waals surface area contributed by atoms with E-state index in [-0.39, 0.29) is 24.3 Å². The quantitative estimate of drug-likeness (QED) is 0.359. The van der Waals surface area contributed by atoms with Crippen molar-refractivity contribution in [1.29, 1.82) is 0 Å². The van der Waals surface area contributed by atoms with Gasteiger partial charge < -0.3 is 14.2 Å². The van der Waals surface area contributed by atoms with Gasteiger partial charge in [-0.25, -0.2) is 4.79 Å². The third-order valence-corrected chi connectivity index (χ3v) is 3.59. The second-order valence-corrected chi connectivity index (χ2v) is 5.56. The molecular formula is C22H22O5. The van der Waals surface area contributed by atoms with Crippen LogP contribution in [0.5, 0.6) is 11.5 Å². The predicted molar refractivity (Wildman–Crippen MR) is 103 cm³/mol. The first kappa shape index (κ1) is 20.0. The Bertz CT molecular complexity index is 810. The van der Waals surface area contributed by atoms with E-state index in [0.29, 0.717) is 18.8 Å². The topological polar surface area (TPSA) is 61.8 Å². The van der Waals surface area contributed by atoms with Gasteiger partial charge in [0.15, 0.2) is 0 Å². The second-order valence-electron chi connectivity index (χ2n) is 5.56. The minimum Gasteiger partial charge on any atom is -0.489 e. The number of carbonyl (C=O) groups is 2. The van der Waals surface area contributed by atoms with E-state index >= 15 is 0 Å². The third kappa shape index (κ3) is 6.15. The highest BCUT2D eigenvalue weighted by Gasteiger charge is 2.16. The first-order valence-electron chi connectivity index (χ1n) is 8.55. The average molecular weight is 366 g/mol. The van der Waals surface area contributed by atoms with Gasteiger partial charge in [-0.1, -0.05) is 55.6 Å². The summed E-state index contributed by atoms with van der Waals surface area (Å²) in [4.78, 5) is 24.3. The molecule has 0 bridgehead atoms. The van der Waals surface area contributed by atoms with Gasteiger partial charge >= 0.3 is 11.9 Å². The van der Waals surface area contributed by atoms with Gasteiger partial charge in [-0.05, 0) is 30.2 Å². The maximum atomic E-state index is 12.3. The molecule has 0 saturated heterocycles. The Balaban J connectivity index is 2.00. The van der Waals surface area contributed by atoms with Crippen LogP contribution in [-0.4, -0.2) is 25.2 Å². The van der Waals surface area contributed by atoms with E-state index in [4.69, 9.17) is 14.2 Å². The molecule has 0 saturated carbocycles. The molecule has 2 aromatic carbocycles. The van der Waals surface area contributed by atoms with Gasteiger partial charge in [0.05, 0.1) is 6.42 Å². The van der Waals surface area contributed by atoms with Crippen LogP contribution in [0.25, 0.3) is 0 Å². The van der Waals surface area contributed by atoms with Crippen LogP contribution < -0.4 is 9.47 Å². The zero-order valence-electron chi connectivity index (χ0n) is 15.1. The molecule has 0 aliphatic rings. The minimum atomic E-state index is -0.568. The molecule has 27 heavy (non-hydrogen) atoms. The van der Waals surface area contributed by atoms with Crippen molar-refractivity contribution in [2.75, 3.05) is 13.2 Å². The largest absolute Gasteiger partial charge is 0.489 e. The zero-order valence-corrected chi connectivity index (χ0v) is 15.1. The lowest BCUT2D eigenvalue weighted by atomic mass is 10.1. The van der Waals surface area contributed by atoms with E-state index in [0.717, 1.165) is 5.56 Å². The lowest BCUT2D eigenvalue weighted by Gasteiger charge is -2.11. The average Bonchev–Trinajstić information content (AvgIpc) is 2.70. The molecule has 0 aliphatic carbocycles. The molecule has 0 N–H and O–H groups in total. The first-order chi connectivity index (χ1) is 13.2. The summed E-state index contributed by atoms with van der Waals surface area (Å²) in [7, 11) is 0. The summed E-state index contributed by atoms with van der Waals surface area (Å²) in [6.45, 7) is 7.60. The molecule has 0 aliphatic heterocycles. The lowest BCUT2D eigenvalue weighted by Crippen LogP contribution is -2.13. The number of hydrogen-bond donors (Lipinski definition) is 0. The Morgan fingerprint density at radius 2 is 1.56 bits per heavy atom. The fourth-order valence-corrected chi connectivity index (χ4v) is 2.35. The second kappa shape index (κ2) is 10.6. The van der Waals surface area contributed by atoms with E-state index in [9.17, 15) is 9.59 Å². The molecule has 5 nitrogen and oxygen atoms in total. The fraction of sp³-hybridized carbons (Fsp3) is 0.182. The summed E-state index contributed by atoms with van der Waals surface area (Å²) in [6, 6.07) is 14.0. The van der Waals surface area contributed by atoms with Crippen molar-refractivity contribution in [2.24, 2.45) is 0 Å². The molecule has 5 heteroatoms. The standard InChI is InChI=1S/C22H22O5/c1-3-15-25-19-11-7-5-9-17(19)13-14-21(23)27-20-12-8-6-10-18(20)22(24)26-16-4-2/h3-12H,1-2,13-16H2. The molecule has 0 aromatic heterocycles. The number of para-hydroxylation sites is 2. The van der Waals surface area contributed by atoms with Crippen LogP contribution >= 0.6 is 0 Å². The van der Waals surface area contributed by atoms with Gasteiger partial charge in [-0.3, -0.25) is 4.79 Å². The predicted octanol–water partition coefficient (Wildman–Crippen LogP) is 4.13. The number of rotatable bonds is 10. The highest BCUT2D eigenvalue weighted by atomic mass is 16.5. The smallest absolute Gasteiger partial charge is 0.342 e. The van der Waals surface area contributed by atoms with Crippen molar-refractivity contribution in [3.63, 3.8) is 0 Å². The highest BCUT2D eigenvalue weighted by molar-refractivity contribution is 5.93. The Hall–Kier alpha value is -3.34. The van der Waals surface area contributed by atoms with Crippen molar-refractivity contribution < 1.29 is 23.8 Å².